The van der Waals surface area contributed by atoms with E-state index in [0.717, 1.165) is 33.0 Å². The first-order chi connectivity index (χ1) is 13.3. The quantitative estimate of drug-likeness (QED) is 0.469. The lowest BCUT2D eigenvalue weighted by Crippen LogP contribution is -1.99. The molecule has 0 aliphatic carbocycles. The number of aromatic nitrogens is 5. The molecule has 0 saturated heterocycles. The molecular weight excluding hydrogens is 356 g/mol. The van der Waals surface area contributed by atoms with E-state index in [1.165, 1.54) is 5.56 Å². The lowest BCUT2D eigenvalue weighted by atomic mass is 10.2. The van der Waals surface area contributed by atoms with Gasteiger partial charge in [0, 0.05) is 35.4 Å². The van der Waals surface area contributed by atoms with Crippen LogP contribution in [0.15, 0.2) is 66.7 Å². The summed E-state index contributed by atoms with van der Waals surface area (Å²) in [5, 5.41) is 6.48. The summed E-state index contributed by atoms with van der Waals surface area (Å²) in [6, 6.07) is 12.2. The second-order valence-electron chi connectivity index (χ2n) is 6.27. The molecule has 1 aromatic carbocycles. The molecule has 2 N–H and O–H groups in total. The molecule has 0 bridgehead atoms. The Labute approximate surface area is 159 Å². The Balaban J connectivity index is 1.50. The number of aromatic amines is 1. The van der Waals surface area contributed by atoms with Gasteiger partial charge in [-0.1, -0.05) is 0 Å². The van der Waals surface area contributed by atoms with E-state index in [9.17, 15) is 0 Å². The zero-order valence-corrected chi connectivity index (χ0v) is 15.4. The predicted octanol–water partition coefficient (Wildman–Crippen LogP) is 4.92. The summed E-state index contributed by atoms with van der Waals surface area (Å²) >= 11 is 1.70. The van der Waals surface area contributed by atoms with E-state index >= 15 is 0 Å². The van der Waals surface area contributed by atoms with Crippen LogP contribution in [-0.2, 0) is 0 Å². The molecule has 0 spiro atoms. The van der Waals surface area contributed by atoms with Crippen LogP contribution in [0.4, 0.5) is 11.6 Å². The lowest BCUT2D eigenvalue weighted by Gasteiger charge is -2.09. The highest BCUT2D eigenvalue weighted by atomic mass is 32.1. The van der Waals surface area contributed by atoms with Gasteiger partial charge in [0.15, 0.2) is 0 Å². The first kappa shape index (κ1) is 15.8. The van der Waals surface area contributed by atoms with Gasteiger partial charge in [0.1, 0.15) is 5.65 Å². The molecule has 4 aromatic heterocycles. The van der Waals surface area contributed by atoms with Gasteiger partial charge in [-0.25, -0.2) is 9.97 Å². The summed E-state index contributed by atoms with van der Waals surface area (Å²) in [5.74, 6) is 0.571. The van der Waals surface area contributed by atoms with Gasteiger partial charge in [0.05, 0.1) is 16.9 Å². The number of aryl methyl sites for hydroxylation is 1. The smallest absolute Gasteiger partial charge is 0.229 e. The molecular formula is C20H16N6S. The van der Waals surface area contributed by atoms with E-state index in [1.54, 1.807) is 23.9 Å². The van der Waals surface area contributed by atoms with E-state index in [-0.39, 0.29) is 0 Å². The number of anilines is 2. The number of imidazole rings is 1. The maximum Gasteiger partial charge on any atom is 0.229 e. The summed E-state index contributed by atoms with van der Waals surface area (Å²) in [6.45, 7) is 2.09. The van der Waals surface area contributed by atoms with E-state index in [0.29, 0.717) is 5.95 Å². The van der Waals surface area contributed by atoms with Crippen molar-refractivity contribution in [2.45, 2.75) is 6.92 Å². The summed E-state index contributed by atoms with van der Waals surface area (Å²) in [5.41, 5.74) is 4.98. The van der Waals surface area contributed by atoms with Crippen LogP contribution >= 0.6 is 11.3 Å². The highest BCUT2D eigenvalue weighted by molar-refractivity contribution is 7.13. The van der Waals surface area contributed by atoms with Crippen molar-refractivity contribution in [2.24, 2.45) is 0 Å². The van der Waals surface area contributed by atoms with Crippen LogP contribution < -0.4 is 5.32 Å². The molecule has 0 atom stereocenters. The van der Waals surface area contributed by atoms with Crippen molar-refractivity contribution < 1.29 is 0 Å². The van der Waals surface area contributed by atoms with E-state index in [1.807, 2.05) is 47.3 Å². The predicted molar refractivity (Wildman–Crippen MR) is 109 cm³/mol. The molecule has 132 valence electrons. The normalized spacial score (nSPS) is 11.1. The number of H-pyrrole nitrogens is 1. The summed E-state index contributed by atoms with van der Waals surface area (Å²) in [4.78, 5) is 17.8. The molecule has 0 amide bonds. The molecule has 0 radical (unpaired) electrons. The Kier molecular flexibility index (Phi) is 3.72. The fourth-order valence-electron chi connectivity index (χ4n) is 3.00. The summed E-state index contributed by atoms with van der Waals surface area (Å²) in [6.07, 6.45) is 7.35. The third-order valence-electron chi connectivity index (χ3n) is 4.31. The van der Waals surface area contributed by atoms with Gasteiger partial charge in [-0.05, 0) is 54.3 Å². The number of benzene rings is 1. The first-order valence-electron chi connectivity index (χ1n) is 8.52. The van der Waals surface area contributed by atoms with Gasteiger partial charge in [-0.2, -0.15) is 4.98 Å². The number of rotatable bonds is 4. The average Bonchev–Trinajstić information content (AvgIpc) is 3.43. The van der Waals surface area contributed by atoms with Crippen molar-refractivity contribution in [1.29, 1.82) is 0 Å². The van der Waals surface area contributed by atoms with Crippen LogP contribution in [-0.4, -0.2) is 24.5 Å². The molecule has 0 aliphatic heterocycles. The Bertz CT molecular complexity index is 1200. The van der Waals surface area contributed by atoms with Gasteiger partial charge in [-0.15, -0.1) is 11.3 Å². The van der Waals surface area contributed by atoms with Crippen molar-refractivity contribution in [2.75, 3.05) is 5.32 Å². The standard InChI is InChI=1S/C20H16N6S/c1-13-10-17(27-11-13)18-16-6-7-22-19(16)25-20(24-18)23-14-2-4-15(5-3-14)26-9-8-21-12-26/h2-12H,1H3,(H2,22,23,24,25). The van der Waals surface area contributed by atoms with E-state index < -0.39 is 0 Å². The molecule has 6 nitrogen and oxygen atoms in total. The molecule has 27 heavy (non-hydrogen) atoms. The molecule has 5 rings (SSSR count). The second-order valence-corrected chi connectivity index (χ2v) is 7.18. The number of nitrogens with one attached hydrogen (secondary N) is 2. The Morgan fingerprint density at radius 2 is 2.00 bits per heavy atom. The van der Waals surface area contributed by atoms with Gasteiger partial charge >= 0.3 is 0 Å². The lowest BCUT2D eigenvalue weighted by molar-refractivity contribution is 1.06. The number of hydrogen-bond acceptors (Lipinski definition) is 5. The maximum atomic E-state index is 4.78. The number of fused-ring (bicyclic) bond motifs is 1. The minimum atomic E-state index is 0.571. The molecule has 5 aromatic rings. The number of thiophene rings is 1. The number of nitrogens with zero attached hydrogens (tertiary/aromatic N) is 4. The van der Waals surface area contributed by atoms with Crippen LogP contribution in [0.5, 0.6) is 0 Å². The van der Waals surface area contributed by atoms with E-state index in [2.05, 4.69) is 38.6 Å². The Hall–Kier alpha value is -3.45. The fraction of sp³-hybridized carbons (Fsp3) is 0.0500. The zero-order valence-electron chi connectivity index (χ0n) is 14.5. The molecule has 4 heterocycles. The average molecular weight is 372 g/mol. The third kappa shape index (κ3) is 2.98. The Morgan fingerprint density at radius 1 is 1.11 bits per heavy atom. The van der Waals surface area contributed by atoms with Crippen LogP contribution in [0.25, 0.3) is 27.3 Å². The van der Waals surface area contributed by atoms with Gasteiger partial charge in [0.2, 0.25) is 5.95 Å². The Morgan fingerprint density at radius 3 is 2.74 bits per heavy atom. The van der Waals surface area contributed by atoms with Crippen molar-refractivity contribution in [1.82, 2.24) is 24.5 Å². The second kappa shape index (κ2) is 6.37. The van der Waals surface area contributed by atoms with Crippen LogP contribution in [0, 0.1) is 6.92 Å². The van der Waals surface area contributed by atoms with Crippen molar-refractivity contribution >= 4 is 34.0 Å². The molecule has 0 saturated carbocycles. The van der Waals surface area contributed by atoms with Gasteiger partial charge < -0.3 is 14.9 Å². The van der Waals surface area contributed by atoms with Crippen molar-refractivity contribution in [3.8, 4) is 16.3 Å². The SMILES string of the molecule is Cc1csc(-c2nc(Nc3ccc(-n4ccnc4)cc3)nc3[nH]ccc23)c1. The van der Waals surface area contributed by atoms with Crippen LogP contribution in [0.3, 0.4) is 0 Å². The van der Waals surface area contributed by atoms with Gasteiger partial charge in [0.25, 0.3) is 0 Å². The fourth-order valence-corrected chi connectivity index (χ4v) is 3.90. The monoisotopic (exact) mass is 372 g/mol. The minimum Gasteiger partial charge on any atom is -0.346 e. The maximum absolute atomic E-state index is 4.78. The van der Waals surface area contributed by atoms with Crippen molar-refractivity contribution in [3.63, 3.8) is 0 Å². The molecule has 0 unspecified atom stereocenters. The molecule has 7 heteroatoms. The van der Waals surface area contributed by atoms with Gasteiger partial charge in [-0.3, -0.25) is 0 Å². The zero-order chi connectivity index (χ0) is 18.2. The number of hydrogen-bond donors (Lipinski definition) is 2. The minimum absolute atomic E-state index is 0.571. The van der Waals surface area contributed by atoms with E-state index in [4.69, 9.17) is 4.98 Å². The summed E-state index contributed by atoms with van der Waals surface area (Å²) < 4.78 is 1.96. The van der Waals surface area contributed by atoms with Crippen LogP contribution in [0.1, 0.15) is 5.56 Å². The molecule has 0 aliphatic rings. The summed E-state index contributed by atoms with van der Waals surface area (Å²) in [7, 11) is 0. The highest BCUT2D eigenvalue weighted by Crippen LogP contribution is 2.32. The largest absolute Gasteiger partial charge is 0.346 e. The van der Waals surface area contributed by atoms with Crippen molar-refractivity contribution in [3.05, 3.63) is 72.3 Å². The topological polar surface area (TPSA) is 71.4 Å². The third-order valence-corrected chi connectivity index (χ3v) is 5.36. The van der Waals surface area contributed by atoms with Crippen LogP contribution in [0.2, 0.25) is 0 Å². The highest BCUT2D eigenvalue weighted by Gasteiger charge is 2.12. The molecule has 0 fully saturated rings. The first-order valence-corrected chi connectivity index (χ1v) is 9.40.